The Morgan fingerprint density at radius 1 is 0.452 bits per heavy atom. The molecule has 0 spiro atoms. The van der Waals surface area contributed by atoms with Crippen LogP contribution < -0.4 is 0 Å². The summed E-state index contributed by atoms with van der Waals surface area (Å²) in [6.07, 6.45) is -1.44. The number of ketones is 4. The summed E-state index contributed by atoms with van der Waals surface area (Å²) in [6.45, 7) is 4.98. The van der Waals surface area contributed by atoms with E-state index >= 15 is 0 Å². The van der Waals surface area contributed by atoms with Crippen molar-refractivity contribution in [2.24, 2.45) is 0 Å². The Morgan fingerprint density at radius 2 is 0.548 bits per heavy atom. The molecule has 0 radical (unpaired) electrons. The van der Waals surface area contributed by atoms with Crippen LogP contribution in [0.2, 0.25) is 0 Å². The summed E-state index contributed by atoms with van der Waals surface area (Å²) < 4.78 is 0. The second-order valence-electron chi connectivity index (χ2n) is 5.09. The minimum atomic E-state index is -1.06. The molecule has 8 N–H and O–H groups in total. The average molecular weight is 486 g/mol. The summed E-state index contributed by atoms with van der Waals surface area (Å²) in [5.74, 6) is -5.50. The fraction of sp³-hybridized carbons (Fsp3) is 0.500. The molecule has 0 aliphatic rings. The first-order valence-electron chi connectivity index (χ1n) is 7.36. The molecule has 31 heavy (non-hydrogen) atoms. The van der Waals surface area contributed by atoms with Gasteiger partial charge in [0, 0.05) is 0 Å². The van der Waals surface area contributed by atoms with Gasteiger partial charge < -0.3 is 34.2 Å². The smallest absolute Gasteiger partial charge is 1.00 e. The molecule has 0 amide bonds. The zero-order valence-electron chi connectivity index (χ0n) is 19.6. The average Bonchev–Trinajstić information content (AvgIpc) is 2.32. The van der Waals surface area contributed by atoms with Crippen LogP contribution in [0.4, 0.5) is 0 Å². The Balaban J connectivity index is -0.0000000316. The molecular weight excluding hydrogens is 456 g/mol. The van der Waals surface area contributed by atoms with Gasteiger partial charge in [-0.05, 0) is 27.7 Å². The van der Waals surface area contributed by atoms with E-state index in [2.05, 4.69) is 0 Å². The first-order valence-corrected chi connectivity index (χ1v) is 7.36. The van der Waals surface area contributed by atoms with Crippen molar-refractivity contribution in [3.63, 3.8) is 0 Å². The number of carboxylic acids is 4. The van der Waals surface area contributed by atoms with Crippen molar-refractivity contribution < 1.29 is 72.6 Å². The molecule has 0 aliphatic carbocycles. The molecule has 0 rings (SSSR count). The number of carbonyl (C=O) groups excluding carboxylic acids is 4. The van der Waals surface area contributed by atoms with Crippen LogP contribution in [0.5, 0.6) is 0 Å². The minimum absolute atomic E-state index is 0. The van der Waals surface area contributed by atoms with E-state index in [0.29, 0.717) is 0 Å². The van der Waals surface area contributed by atoms with Crippen molar-refractivity contribution in [1.82, 2.24) is 0 Å². The topological polar surface area (TPSA) is 280 Å². The van der Waals surface area contributed by atoms with Gasteiger partial charge in [0.1, 0.15) is 48.8 Å². The maximum absolute atomic E-state index is 9.87. The van der Waals surface area contributed by atoms with Crippen molar-refractivity contribution in [3.05, 3.63) is 0 Å². The third kappa shape index (κ3) is 97.4. The largest absolute Gasteiger partial charge is 2.00 e. The summed E-state index contributed by atoms with van der Waals surface area (Å²) in [5, 5.41) is 31.5. The number of hydrogen-bond acceptors (Lipinski definition) is 8. The molecular formula is C16H30CaO14. The first-order chi connectivity index (χ1) is 12.5. The predicted octanol–water partition coefficient (Wildman–Crippen LogP) is -1.60. The molecule has 14 nitrogen and oxygen atoms in total. The van der Waals surface area contributed by atoms with Crippen LogP contribution in [0.15, 0.2) is 0 Å². The quantitative estimate of drug-likeness (QED) is 0.223. The summed E-state index contributed by atoms with van der Waals surface area (Å²) in [7, 11) is 0. The van der Waals surface area contributed by atoms with Crippen molar-refractivity contribution >= 4 is 84.7 Å². The monoisotopic (exact) mass is 486 g/mol. The van der Waals surface area contributed by atoms with Gasteiger partial charge in [-0.15, -0.1) is 0 Å². The molecule has 0 atom stereocenters. The van der Waals surface area contributed by atoms with E-state index in [1.807, 2.05) is 0 Å². The maximum atomic E-state index is 9.87. The van der Waals surface area contributed by atoms with Crippen LogP contribution >= 0.6 is 0 Å². The van der Waals surface area contributed by atoms with Crippen LogP contribution in [0.1, 0.15) is 56.2 Å². The molecule has 0 saturated carbocycles. The molecule has 15 heteroatoms. The summed E-state index contributed by atoms with van der Waals surface area (Å²) in [4.78, 5) is 77.8. The van der Waals surface area contributed by atoms with E-state index in [9.17, 15) is 38.4 Å². The van der Waals surface area contributed by atoms with Crippen LogP contribution in [0.3, 0.4) is 0 Å². The fourth-order valence-electron chi connectivity index (χ4n) is 0.852. The van der Waals surface area contributed by atoms with Gasteiger partial charge in [-0.25, -0.2) is 0 Å². The Bertz CT molecular complexity index is 456. The van der Waals surface area contributed by atoms with E-state index in [0.717, 1.165) is 0 Å². The van der Waals surface area contributed by atoms with E-state index in [-0.39, 0.29) is 100 Å². The van der Waals surface area contributed by atoms with Crippen LogP contribution in [-0.4, -0.2) is 116 Å². The normalized spacial score (nSPS) is 7.35. The van der Waals surface area contributed by atoms with E-state index in [1.54, 1.807) is 0 Å². The van der Waals surface area contributed by atoms with Crippen molar-refractivity contribution in [2.45, 2.75) is 53.4 Å². The van der Waals surface area contributed by atoms with Crippen LogP contribution in [0, 0.1) is 0 Å². The third-order valence-corrected chi connectivity index (χ3v) is 1.60. The molecule has 0 aliphatic heterocycles. The van der Waals surface area contributed by atoms with E-state index < -0.39 is 23.9 Å². The minimum Gasteiger partial charge on any atom is -1.00 e. The van der Waals surface area contributed by atoms with E-state index in [4.69, 9.17) is 20.4 Å². The molecule has 180 valence electrons. The van der Waals surface area contributed by atoms with Gasteiger partial charge in [-0.3, -0.25) is 38.4 Å². The van der Waals surface area contributed by atoms with Crippen molar-refractivity contribution in [1.29, 1.82) is 0 Å². The second-order valence-corrected chi connectivity index (χ2v) is 5.09. The molecule has 0 aromatic rings. The number of carboxylic acid groups (broad SMARTS) is 4. The van der Waals surface area contributed by atoms with Gasteiger partial charge in [-0.2, -0.15) is 0 Å². The van der Waals surface area contributed by atoms with Gasteiger partial charge in [-0.1, -0.05) is 0 Å². The zero-order valence-corrected chi connectivity index (χ0v) is 19.8. The molecule has 0 fully saturated rings. The molecule has 0 unspecified atom stereocenters. The van der Waals surface area contributed by atoms with Crippen LogP contribution in [-0.2, 0) is 38.4 Å². The number of aliphatic carboxylic acids is 4. The molecule has 0 heterocycles. The number of hydrogen-bond donors (Lipinski definition) is 4. The standard InChI is InChI=1S/4C4H6O3.Ca.2H2O.2H/c4*1-3(5)2-4(6)7;;;;;/h4*2H2,1H3,(H,6,7);;2*1H2;;/q;;;;+2;;;2*-1. The van der Waals surface area contributed by atoms with Gasteiger partial charge in [0.15, 0.2) is 0 Å². The third-order valence-electron chi connectivity index (χ3n) is 1.60. The molecule has 0 aromatic carbocycles. The Labute approximate surface area is 210 Å². The van der Waals surface area contributed by atoms with Gasteiger partial charge in [0.25, 0.3) is 0 Å². The molecule has 0 saturated heterocycles. The van der Waals surface area contributed by atoms with Gasteiger partial charge in [0.2, 0.25) is 0 Å². The predicted molar refractivity (Wildman–Crippen MR) is 107 cm³/mol. The Hall–Kier alpha value is -2.26. The Morgan fingerprint density at radius 3 is 0.548 bits per heavy atom. The number of rotatable bonds is 8. The number of Topliss-reactive ketones (excluding diaryl/α,β-unsaturated/α-hetero) is 4. The SMILES string of the molecule is CC(=O)CC(=O)O.CC(=O)CC(=O)O.CC(=O)CC(=O)O.CC(=O)CC(=O)O.O.O.[Ca+2].[H-].[H-]. The first kappa shape index (κ1) is 46.8. The summed E-state index contributed by atoms with van der Waals surface area (Å²) in [6, 6.07) is 0. The zero-order chi connectivity index (χ0) is 23.4. The van der Waals surface area contributed by atoms with Gasteiger partial charge in [0.05, 0.1) is 0 Å². The van der Waals surface area contributed by atoms with E-state index in [1.165, 1.54) is 27.7 Å². The molecule has 0 aromatic heterocycles. The number of carbonyl (C=O) groups is 8. The maximum Gasteiger partial charge on any atom is 2.00 e. The second kappa shape index (κ2) is 29.9. The van der Waals surface area contributed by atoms with Crippen molar-refractivity contribution in [3.8, 4) is 0 Å². The Kier molecular flexibility index (Phi) is 45.2. The molecule has 0 bridgehead atoms. The van der Waals surface area contributed by atoms with Crippen molar-refractivity contribution in [2.75, 3.05) is 0 Å². The van der Waals surface area contributed by atoms with Gasteiger partial charge >= 0.3 is 61.6 Å². The summed E-state index contributed by atoms with van der Waals surface area (Å²) in [5.41, 5.74) is 0. The van der Waals surface area contributed by atoms with Crippen LogP contribution in [0.25, 0.3) is 0 Å². The summed E-state index contributed by atoms with van der Waals surface area (Å²) >= 11 is 0. The fourth-order valence-corrected chi connectivity index (χ4v) is 0.852.